The molecule has 1 saturated heterocycles. The molecular weight excluding hydrogens is 350 g/mol. The second kappa shape index (κ2) is 12.0. The Kier molecular flexibility index (Phi) is 11.7. The molecule has 1 rings (SSSR count). The standard InChI is InChI=1S/C12H21NO7.BrH/c14-3-4-18-5-6-19-7-8-20-9-12(17)13-10(15)1-2-11(13)16;/h12,14,17H,1-9H2;1H. The van der Waals surface area contributed by atoms with Gasteiger partial charge in [0.15, 0.2) is 6.23 Å². The van der Waals surface area contributed by atoms with Crippen LogP contribution >= 0.6 is 17.0 Å². The maximum absolute atomic E-state index is 11.3. The van der Waals surface area contributed by atoms with Gasteiger partial charge in [0.25, 0.3) is 0 Å². The number of halogens is 1. The number of amides is 2. The van der Waals surface area contributed by atoms with Crippen molar-refractivity contribution in [3.05, 3.63) is 0 Å². The topological polar surface area (TPSA) is 106 Å². The summed E-state index contributed by atoms with van der Waals surface area (Å²) in [4.78, 5) is 23.5. The van der Waals surface area contributed by atoms with E-state index in [4.69, 9.17) is 19.3 Å². The molecule has 0 radical (unpaired) electrons. The summed E-state index contributed by atoms with van der Waals surface area (Å²) in [6.07, 6.45) is -0.940. The maximum atomic E-state index is 11.3. The zero-order valence-corrected chi connectivity index (χ0v) is 13.4. The van der Waals surface area contributed by atoms with E-state index >= 15 is 0 Å². The first-order valence-electron chi connectivity index (χ1n) is 6.54. The lowest BCUT2D eigenvalue weighted by atomic mass is 10.4. The molecule has 0 aromatic heterocycles. The van der Waals surface area contributed by atoms with Gasteiger partial charge in [-0.2, -0.15) is 0 Å². The van der Waals surface area contributed by atoms with Crippen LogP contribution in [0.2, 0.25) is 0 Å². The molecule has 124 valence electrons. The molecular formula is C12H22BrNO7. The van der Waals surface area contributed by atoms with Crippen LogP contribution < -0.4 is 0 Å². The average molecular weight is 372 g/mol. The van der Waals surface area contributed by atoms with Crippen molar-refractivity contribution < 1.29 is 34.0 Å². The van der Waals surface area contributed by atoms with Crippen LogP contribution in [0.15, 0.2) is 0 Å². The summed E-state index contributed by atoms with van der Waals surface area (Å²) in [7, 11) is 0. The molecule has 1 unspecified atom stereocenters. The molecule has 0 spiro atoms. The fraction of sp³-hybridized carbons (Fsp3) is 0.833. The number of hydrogen-bond donors (Lipinski definition) is 2. The number of aliphatic hydroxyl groups excluding tert-OH is 2. The molecule has 2 N–H and O–H groups in total. The summed E-state index contributed by atoms with van der Waals surface area (Å²) in [5, 5.41) is 18.1. The van der Waals surface area contributed by atoms with E-state index in [0.29, 0.717) is 19.8 Å². The number of ether oxygens (including phenoxy) is 3. The molecule has 0 aromatic carbocycles. The van der Waals surface area contributed by atoms with Gasteiger partial charge in [0, 0.05) is 12.8 Å². The summed E-state index contributed by atoms with van der Waals surface area (Å²) in [6.45, 7) is 1.47. The lowest BCUT2D eigenvalue weighted by Crippen LogP contribution is -2.42. The highest BCUT2D eigenvalue weighted by Gasteiger charge is 2.33. The summed E-state index contributed by atoms with van der Waals surface area (Å²) in [6, 6.07) is 0. The molecule has 21 heavy (non-hydrogen) atoms. The molecule has 1 aliphatic rings. The van der Waals surface area contributed by atoms with Gasteiger partial charge in [0.1, 0.15) is 0 Å². The Bertz CT molecular complexity index is 300. The number of carbonyl (C=O) groups excluding carboxylic acids is 2. The Morgan fingerprint density at radius 3 is 1.95 bits per heavy atom. The van der Waals surface area contributed by atoms with Gasteiger partial charge >= 0.3 is 0 Å². The Hall–Kier alpha value is -0.580. The van der Waals surface area contributed by atoms with Crippen LogP contribution in [0.1, 0.15) is 12.8 Å². The van der Waals surface area contributed by atoms with E-state index in [-0.39, 0.29) is 68.1 Å². The van der Waals surface area contributed by atoms with Crippen LogP contribution in [-0.4, -0.2) is 79.4 Å². The summed E-state index contributed by atoms with van der Waals surface area (Å²) in [5.74, 6) is -0.744. The van der Waals surface area contributed by atoms with Gasteiger partial charge in [-0.1, -0.05) is 0 Å². The van der Waals surface area contributed by atoms with Gasteiger partial charge in [0.2, 0.25) is 11.8 Å². The first kappa shape index (κ1) is 20.4. The van der Waals surface area contributed by atoms with E-state index in [1.165, 1.54) is 0 Å². The number of imide groups is 1. The summed E-state index contributed by atoms with van der Waals surface area (Å²) >= 11 is 0. The quantitative estimate of drug-likeness (QED) is 0.357. The Morgan fingerprint density at radius 2 is 1.43 bits per heavy atom. The fourth-order valence-electron chi connectivity index (χ4n) is 1.69. The van der Waals surface area contributed by atoms with Crippen molar-refractivity contribution in [3.8, 4) is 0 Å². The smallest absolute Gasteiger partial charge is 0.231 e. The van der Waals surface area contributed by atoms with Crippen LogP contribution in [-0.2, 0) is 23.8 Å². The second-order valence-corrected chi connectivity index (χ2v) is 4.16. The molecule has 2 amide bonds. The SMILES string of the molecule is Br.O=C1CCC(=O)N1C(O)COCCOCCOCCO. The van der Waals surface area contributed by atoms with Crippen molar-refractivity contribution >= 4 is 28.8 Å². The molecule has 8 nitrogen and oxygen atoms in total. The van der Waals surface area contributed by atoms with E-state index in [1.54, 1.807) is 0 Å². The van der Waals surface area contributed by atoms with Crippen LogP contribution in [0.5, 0.6) is 0 Å². The van der Waals surface area contributed by atoms with Gasteiger partial charge in [-0.15, -0.1) is 17.0 Å². The molecule has 0 bridgehead atoms. The fourth-order valence-corrected chi connectivity index (χ4v) is 1.69. The van der Waals surface area contributed by atoms with Gasteiger partial charge in [-0.25, -0.2) is 0 Å². The number of carbonyl (C=O) groups is 2. The third-order valence-corrected chi connectivity index (χ3v) is 2.63. The van der Waals surface area contributed by atoms with Crippen LogP contribution in [0.25, 0.3) is 0 Å². The van der Waals surface area contributed by atoms with Crippen LogP contribution in [0, 0.1) is 0 Å². The van der Waals surface area contributed by atoms with E-state index in [1.807, 2.05) is 0 Å². The third-order valence-electron chi connectivity index (χ3n) is 2.63. The minimum absolute atomic E-state index is 0. The number of nitrogens with zero attached hydrogens (tertiary/aromatic N) is 1. The third kappa shape index (κ3) is 7.84. The minimum Gasteiger partial charge on any atom is -0.394 e. The van der Waals surface area contributed by atoms with Gasteiger partial charge in [0.05, 0.1) is 46.2 Å². The molecule has 1 fully saturated rings. The number of likely N-dealkylation sites (tertiary alicyclic amines) is 1. The first-order chi connectivity index (χ1) is 9.66. The van der Waals surface area contributed by atoms with E-state index in [9.17, 15) is 14.7 Å². The van der Waals surface area contributed by atoms with Crippen molar-refractivity contribution in [1.29, 1.82) is 0 Å². The zero-order valence-electron chi connectivity index (χ0n) is 11.7. The van der Waals surface area contributed by atoms with E-state index in [2.05, 4.69) is 0 Å². The Morgan fingerprint density at radius 1 is 0.952 bits per heavy atom. The van der Waals surface area contributed by atoms with Crippen LogP contribution in [0.3, 0.4) is 0 Å². The predicted octanol–water partition coefficient (Wildman–Crippen LogP) is -0.926. The number of aliphatic hydroxyl groups is 2. The number of hydrogen-bond acceptors (Lipinski definition) is 7. The normalized spacial score (nSPS) is 16.2. The van der Waals surface area contributed by atoms with Gasteiger partial charge in [-0.05, 0) is 0 Å². The van der Waals surface area contributed by atoms with E-state index in [0.717, 1.165) is 4.90 Å². The van der Waals surface area contributed by atoms with Crippen molar-refractivity contribution in [3.63, 3.8) is 0 Å². The summed E-state index contributed by atoms with van der Waals surface area (Å²) < 4.78 is 15.3. The molecule has 1 atom stereocenters. The highest BCUT2D eigenvalue weighted by atomic mass is 79.9. The molecule has 1 aliphatic heterocycles. The molecule has 0 saturated carbocycles. The number of rotatable bonds is 11. The predicted molar refractivity (Wildman–Crippen MR) is 77.0 cm³/mol. The Labute approximate surface area is 133 Å². The first-order valence-corrected chi connectivity index (χ1v) is 6.54. The van der Waals surface area contributed by atoms with Gasteiger partial charge < -0.3 is 24.4 Å². The molecule has 9 heteroatoms. The van der Waals surface area contributed by atoms with Crippen molar-refractivity contribution in [2.24, 2.45) is 0 Å². The Balaban J connectivity index is 0.00000400. The zero-order chi connectivity index (χ0) is 14.8. The second-order valence-electron chi connectivity index (χ2n) is 4.16. The van der Waals surface area contributed by atoms with Crippen molar-refractivity contribution in [2.75, 3.05) is 46.2 Å². The maximum Gasteiger partial charge on any atom is 0.231 e. The monoisotopic (exact) mass is 371 g/mol. The molecule has 0 aliphatic carbocycles. The van der Waals surface area contributed by atoms with Crippen LogP contribution in [0.4, 0.5) is 0 Å². The highest BCUT2D eigenvalue weighted by Crippen LogP contribution is 2.14. The average Bonchev–Trinajstić information content (AvgIpc) is 2.76. The lowest BCUT2D eigenvalue weighted by Gasteiger charge is -2.20. The highest BCUT2D eigenvalue weighted by molar-refractivity contribution is 8.93. The largest absolute Gasteiger partial charge is 0.394 e. The lowest BCUT2D eigenvalue weighted by molar-refractivity contribution is -0.153. The van der Waals surface area contributed by atoms with Crippen molar-refractivity contribution in [2.45, 2.75) is 19.1 Å². The minimum atomic E-state index is -1.23. The molecule has 1 heterocycles. The van der Waals surface area contributed by atoms with Crippen molar-refractivity contribution in [1.82, 2.24) is 4.90 Å². The summed E-state index contributed by atoms with van der Waals surface area (Å²) in [5.41, 5.74) is 0. The van der Waals surface area contributed by atoms with E-state index < -0.39 is 6.23 Å². The van der Waals surface area contributed by atoms with Gasteiger partial charge in [-0.3, -0.25) is 14.5 Å². The molecule has 0 aromatic rings.